The number of aromatic nitrogens is 1. The summed E-state index contributed by atoms with van der Waals surface area (Å²) < 4.78 is 15.3. The predicted octanol–water partition coefficient (Wildman–Crippen LogP) is 0.952. The average molecular weight is 263 g/mol. The molecule has 1 aliphatic heterocycles. The largest absolute Gasteiger partial charge is 0.465 e. The van der Waals surface area contributed by atoms with Gasteiger partial charge in [-0.2, -0.15) is 0 Å². The Kier molecular flexibility index (Phi) is 2.67. The predicted molar refractivity (Wildman–Crippen MR) is 66.0 cm³/mol. The Labute approximate surface area is 108 Å². The van der Waals surface area contributed by atoms with E-state index in [1.54, 1.807) is 25.1 Å². The zero-order chi connectivity index (χ0) is 13.5. The summed E-state index contributed by atoms with van der Waals surface area (Å²) in [7, 11) is 0. The van der Waals surface area contributed by atoms with E-state index in [1.807, 2.05) is 0 Å². The zero-order valence-electron chi connectivity index (χ0n) is 10.4. The summed E-state index contributed by atoms with van der Waals surface area (Å²) in [5.74, 6) is -0.819. The SMILES string of the molecule is CCOC(=O)C1(c2ccc3[nH]c(=O)oc3c2)COC1. The highest BCUT2D eigenvalue weighted by atomic mass is 16.6. The zero-order valence-corrected chi connectivity index (χ0v) is 10.4. The minimum Gasteiger partial charge on any atom is -0.465 e. The summed E-state index contributed by atoms with van der Waals surface area (Å²) in [6.07, 6.45) is 0. The monoisotopic (exact) mass is 263 g/mol. The molecular formula is C13H13NO5. The van der Waals surface area contributed by atoms with Crippen molar-refractivity contribution in [3.8, 4) is 0 Å². The molecule has 0 unspecified atom stereocenters. The number of esters is 1. The molecule has 1 fully saturated rings. The second-order valence-corrected chi connectivity index (χ2v) is 4.52. The molecule has 2 heterocycles. The summed E-state index contributed by atoms with van der Waals surface area (Å²) in [6, 6.07) is 5.19. The molecule has 0 bridgehead atoms. The van der Waals surface area contributed by atoms with Crippen molar-refractivity contribution in [3.05, 3.63) is 34.3 Å². The van der Waals surface area contributed by atoms with Crippen LogP contribution in [0.5, 0.6) is 0 Å². The molecule has 1 aliphatic rings. The lowest BCUT2D eigenvalue weighted by atomic mass is 9.78. The number of benzene rings is 1. The molecule has 1 saturated heterocycles. The number of carbonyl (C=O) groups is 1. The highest BCUT2D eigenvalue weighted by molar-refractivity contribution is 5.86. The quantitative estimate of drug-likeness (QED) is 0.834. The van der Waals surface area contributed by atoms with Crippen LogP contribution in [0.4, 0.5) is 0 Å². The van der Waals surface area contributed by atoms with Gasteiger partial charge in [0.1, 0.15) is 5.41 Å². The van der Waals surface area contributed by atoms with Crippen LogP contribution in [0.15, 0.2) is 27.4 Å². The summed E-state index contributed by atoms with van der Waals surface area (Å²) >= 11 is 0. The molecule has 0 aliphatic carbocycles. The van der Waals surface area contributed by atoms with Crippen LogP contribution in [-0.4, -0.2) is 30.8 Å². The Morgan fingerprint density at radius 2 is 2.26 bits per heavy atom. The molecule has 0 spiro atoms. The standard InChI is InChI=1S/C13H13NO5/c1-2-18-11(15)13(6-17-7-13)8-3-4-9-10(5-8)19-12(16)14-9/h3-5H,2,6-7H2,1H3,(H,14,16). The minimum absolute atomic E-state index is 0.284. The summed E-state index contributed by atoms with van der Waals surface area (Å²) in [5.41, 5.74) is 0.999. The van der Waals surface area contributed by atoms with E-state index in [4.69, 9.17) is 13.9 Å². The van der Waals surface area contributed by atoms with Gasteiger partial charge in [0.25, 0.3) is 0 Å². The Morgan fingerprint density at radius 3 is 2.89 bits per heavy atom. The highest BCUT2D eigenvalue weighted by Gasteiger charge is 2.49. The average Bonchev–Trinajstić information content (AvgIpc) is 2.67. The normalized spacial score (nSPS) is 17.1. The smallest absolute Gasteiger partial charge is 0.417 e. The molecule has 19 heavy (non-hydrogen) atoms. The fraction of sp³-hybridized carbons (Fsp3) is 0.385. The first-order valence-electron chi connectivity index (χ1n) is 6.04. The van der Waals surface area contributed by atoms with Gasteiger partial charge < -0.3 is 13.9 Å². The number of aromatic amines is 1. The van der Waals surface area contributed by atoms with Gasteiger partial charge in [0.15, 0.2) is 5.58 Å². The molecule has 0 atom stereocenters. The topological polar surface area (TPSA) is 81.5 Å². The third kappa shape index (κ3) is 1.76. The van der Waals surface area contributed by atoms with Gasteiger partial charge in [-0.05, 0) is 24.6 Å². The highest BCUT2D eigenvalue weighted by Crippen LogP contribution is 2.35. The Hall–Kier alpha value is -2.08. The van der Waals surface area contributed by atoms with Crippen LogP contribution in [0.25, 0.3) is 11.1 Å². The van der Waals surface area contributed by atoms with E-state index < -0.39 is 11.2 Å². The van der Waals surface area contributed by atoms with Gasteiger partial charge in [0.05, 0.1) is 25.3 Å². The third-order valence-corrected chi connectivity index (χ3v) is 3.34. The number of rotatable bonds is 3. The van der Waals surface area contributed by atoms with E-state index in [0.29, 0.717) is 17.7 Å². The van der Waals surface area contributed by atoms with Crippen LogP contribution in [0.3, 0.4) is 0 Å². The van der Waals surface area contributed by atoms with Crippen molar-refractivity contribution in [2.75, 3.05) is 19.8 Å². The van der Waals surface area contributed by atoms with Crippen molar-refractivity contribution in [1.29, 1.82) is 0 Å². The van der Waals surface area contributed by atoms with Crippen molar-refractivity contribution in [3.63, 3.8) is 0 Å². The first-order valence-corrected chi connectivity index (χ1v) is 6.04. The van der Waals surface area contributed by atoms with Gasteiger partial charge in [-0.3, -0.25) is 9.78 Å². The molecule has 1 N–H and O–H groups in total. The molecular weight excluding hydrogens is 250 g/mol. The van der Waals surface area contributed by atoms with E-state index in [1.165, 1.54) is 0 Å². The Bertz CT molecular complexity index is 680. The first kappa shape index (κ1) is 12.0. The lowest BCUT2D eigenvalue weighted by molar-refractivity contribution is -0.169. The Balaban J connectivity index is 2.06. The van der Waals surface area contributed by atoms with Gasteiger partial charge in [-0.1, -0.05) is 6.07 Å². The van der Waals surface area contributed by atoms with E-state index in [0.717, 1.165) is 5.56 Å². The molecule has 0 radical (unpaired) electrons. The van der Waals surface area contributed by atoms with Crippen LogP contribution < -0.4 is 5.76 Å². The van der Waals surface area contributed by atoms with Crippen molar-refractivity contribution in [2.24, 2.45) is 0 Å². The second-order valence-electron chi connectivity index (χ2n) is 4.52. The summed E-state index contributed by atoms with van der Waals surface area (Å²) in [6.45, 7) is 2.65. The molecule has 2 aromatic rings. The maximum Gasteiger partial charge on any atom is 0.417 e. The van der Waals surface area contributed by atoms with Crippen LogP contribution in [-0.2, 0) is 19.7 Å². The van der Waals surface area contributed by atoms with Gasteiger partial charge >= 0.3 is 11.7 Å². The molecule has 6 heteroatoms. The third-order valence-electron chi connectivity index (χ3n) is 3.34. The molecule has 0 saturated carbocycles. The number of ether oxygens (including phenoxy) is 2. The van der Waals surface area contributed by atoms with Crippen LogP contribution in [0.1, 0.15) is 12.5 Å². The van der Waals surface area contributed by atoms with Gasteiger partial charge in [0.2, 0.25) is 0 Å². The number of fused-ring (bicyclic) bond motifs is 1. The number of hydrogen-bond acceptors (Lipinski definition) is 5. The maximum atomic E-state index is 12.1. The van der Waals surface area contributed by atoms with Crippen molar-refractivity contribution >= 4 is 17.1 Å². The van der Waals surface area contributed by atoms with E-state index in [2.05, 4.69) is 4.98 Å². The summed E-state index contributed by atoms with van der Waals surface area (Å²) in [5, 5.41) is 0. The van der Waals surface area contributed by atoms with E-state index >= 15 is 0 Å². The molecule has 1 aromatic carbocycles. The molecule has 3 rings (SSSR count). The molecule has 0 amide bonds. The van der Waals surface area contributed by atoms with E-state index in [-0.39, 0.29) is 19.2 Å². The Morgan fingerprint density at radius 1 is 1.47 bits per heavy atom. The van der Waals surface area contributed by atoms with Crippen molar-refractivity contribution < 1.29 is 18.7 Å². The first-order chi connectivity index (χ1) is 9.15. The number of H-pyrrole nitrogens is 1. The van der Waals surface area contributed by atoms with Crippen LogP contribution >= 0.6 is 0 Å². The van der Waals surface area contributed by atoms with Gasteiger partial charge in [-0.25, -0.2) is 4.79 Å². The molecule has 6 nitrogen and oxygen atoms in total. The number of nitrogens with one attached hydrogen (secondary N) is 1. The van der Waals surface area contributed by atoms with Gasteiger partial charge in [-0.15, -0.1) is 0 Å². The number of carbonyl (C=O) groups excluding carboxylic acids is 1. The maximum absolute atomic E-state index is 12.1. The number of oxazole rings is 1. The van der Waals surface area contributed by atoms with Crippen molar-refractivity contribution in [2.45, 2.75) is 12.3 Å². The fourth-order valence-corrected chi connectivity index (χ4v) is 2.22. The summed E-state index contributed by atoms with van der Waals surface area (Å²) in [4.78, 5) is 25.8. The number of hydrogen-bond donors (Lipinski definition) is 1. The second kappa shape index (κ2) is 4.24. The fourth-order valence-electron chi connectivity index (χ4n) is 2.22. The van der Waals surface area contributed by atoms with Crippen LogP contribution in [0.2, 0.25) is 0 Å². The molecule has 100 valence electrons. The van der Waals surface area contributed by atoms with E-state index in [9.17, 15) is 9.59 Å². The molecule has 1 aromatic heterocycles. The van der Waals surface area contributed by atoms with Crippen molar-refractivity contribution in [1.82, 2.24) is 4.98 Å². The lowest BCUT2D eigenvalue weighted by Gasteiger charge is -2.39. The lowest BCUT2D eigenvalue weighted by Crippen LogP contribution is -2.53. The van der Waals surface area contributed by atoms with Crippen LogP contribution in [0, 0.1) is 0 Å². The van der Waals surface area contributed by atoms with Gasteiger partial charge in [0, 0.05) is 0 Å². The minimum atomic E-state index is -0.778.